The first-order valence-electron chi connectivity index (χ1n) is 6.74. The molecule has 2 aliphatic rings. The third-order valence-electron chi connectivity index (χ3n) is 4.26. The zero-order valence-electron chi connectivity index (χ0n) is 11.1. The number of carbonyl (C=O) groups is 3. The molecule has 0 aromatic rings. The van der Waals surface area contributed by atoms with Crippen molar-refractivity contribution in [1.82, 2.24) is 10.2 Å². The van der Waals surface area contributed by atoms with Gasteiger partial charge in [-0.2, -0.15) is 0 Å². The molecule has 1 aliphatic carbocycles. The van der Waals surface area contributed by atoms with E-state index >= 15 is 0 Å². The van der Waals surface area contributed by atoms with Crippen LogP contribution in [-0.2, 0) is 14.4 Å². The van der Waals surface area contributed by atoms with Crippen LogP contribution in [0, 0.1) is 5.92 Å². The second kappa shape index (κ2) is 5.19. The SMILES string of the molecule is CN1CC[C@H](C(=O)NC2(C(=O)O)CCCC2)CC1=O. The van der Waals surface area contributed by atoms with Crippen molar-refractivity contribution < 1.29 is 19.5 Å². The number of likely N-dealkylation sites (tertiary alicyclic amines) is 1. The van der Waals surface area contributed by atoms with E-state index < -0.39 is 11.5 Å². The lowest BCUT2D eigenvalue weighted by Crippen LogP contribution is -2.55. The normalized spacial score (nSPS) is 26.3. The van der Waals surface area contributed by atoms with Gasteiger partial charge in [0.1, 0.15) is 5.54 Å². The molecule has 2 fully saturated rings. The van der Waals surface area contributed by atoms with E-state index in [9.17, 15) is 19.5 Å². The number of hydrogen-bond acceptors (Lipinski definition) is 3. The van der Waals surface area contributed by atoms with E-state index in [1.54, 1.807) is 11.9 Å². The summed E-state index contributed by atoms with van der Waals surface area (Å²) in [5.74, 6) is -1.69. The Morgan fingerprint density at radius 1 is 1.37 bits per heavy atom. The average molecular weight is 268 g/mol. The molecule has 0 aromatic heterocycles. The summed E-state index contributed by atoms with van der Waals surface area (Å²) in [7, 11) is 1.71. The molecule has 0 radical (unpaired) electrons. The van der Waals surface area contributed by atoms with Crippen LogP contribution in [-0.4, -0.2) is 46.9 Å². The third kappa shape index (κ3) is 2.72. The van der Waals surface area contributed by atoms with Crippen molar-refractivity contribution in [3.63, 3.8) is 0 Å². The molecule has 0 bridgehead atoms. The van der Waals surface area contributed by atoms with Gasteiger partial charge >= 0.3 is 5.97 Å². The fraction of sp³-hybridized carbons (Fsp3) is 0.769. The largest absolute Gasteiger partial charge is 0.480 e. The van der Waals surface area contributed by atoms with Gasteiger partial charge in [-0.25, -0.2) is 4.79 Å². The van der Waals surface area contributed by atoms with E-state index in [1.807, 2.05) is 0 Å². The van der Waals surface area contributed by atoms with E-state index in [1.165, 1.54) is 0 Å². The van der Waals surface area contributed by atoms with Gasteiger partial charge in [0.15, 0.2) is 0 Å². The van der Waals surface area contributed by atoms with Crippen LogP contribution >= 0.6 is 0 Å². The van der Waals surface area contributed by atoms with Crippen molar-refractivity contribution in [1.29, 1.82) is 0 Å². The number of aliphatic carboxylic acids is 1. The molecule has 0 aromatic carbocycles. The molecule has 2 N–H and O–H groups in total. The van der Waals surface area contributed by atoms with Gasteiger partial charge in [-0.3, -0.25) is 9.59 Å². The fourth-order valence-electron chi connectivity index (χ4n) is 2.88. The van der Waals surface area contributed by atoms with Crippen molar-refractivity contribution in [2.45, 2.75) is 44.1 Å². The maximum absolute atomic E-state index is 12.2. The number of carbonyl (C=O) groups excluding carboxylic acids is 2. The monoisotopic (exact) mass is 268 g/mol. The van der Waals surface area contributed by atoms with Gasteiger partial charge in [0.2, 0.25) is 11.8 Å². The van der Waals surface area contributed by atoms with E-state index in [2.05, 4.69) is 5.32 Å². The lowest BCUT2D eigenvalue weighted by molar-refractivity contribution is -0.149. The highest BCUT2D eigenvalue weighted by molar-refractivity contribution is 5.91. The van der Waals surface area contributed by atoms with Crippen LogP contribution in [0.5, 0.6) is 0 Å². The zero-order chi connectivity index (χ0) is 14.0. The number of rotatable bonds is 3. The molecule has 6 heteroatoms. The third-order valence-corrected chi connectivity index (χ3v) is 4.26. The van der Waals surface area contributed by atoms with Crippen molar-refractivity contribution >= 4 is 17.8 Å². The number of carboxylic acids is 1. The molecule has 0 unspecified atom stereocenters. The summed E-state index contributed by atoms with van der Waals surface area (Å²) < 4.78 is 0. The van der Waals surface area contributed by atoms with Crippen molar-refractivity contribution in [2.75, 3.05) is 13.6 Å². The van der Waals surface area contributed by atoms with Gasteiger partial charge in [0.05, 0.1) is 0 Å². The van der Waals surface area contributed by atoms with Crippen LogP contribution in [0.15, 0.2) is 0 Å². The summed E-state index contributed by atoms with van der Waals surface area (Å²) in [4.78, 5) is 36.7. The maximum Gasteiger partial charge on any atom is 0.329 e. The molecule has 2 rings (SSSR count). The first-order chi connectivity index (χ1) is 8.94. The Bertz CT molecular complexity index is 401. The Morgan fingerprint density at radius 3 is 2.53 bits per heavy atom. The van der Waals surface area contributed by atoms with Crippen molar-refractivity contribution in [3.05, 3.63) is 0 Å². The first-order valence-corrected chi connectivity index (χ1v) is 6.74. The van der Waals surface area contributed by atoms with Gasteiger partial charge in [-0.1, -0.05) is 12.8 Å². The summed E-state index contributed by atoms with van der Waals surface area (Å²) in [5, 5.41) is 12.0. The molecular formula is C13H20N2O4. The Kier molecular flexibility index (Phi) is 3.78. The van der Waals surface area contributed by atoms with Crippen LogP contribution in [0.3, 0.4) is 0 Å². The number of hydrogen-bond donors (Lipinski definition) is 2. The Labute approximate surface area is 112 Å². The van der Waals surface area contributed by atoms with Gasteiger partial charge < -0.3 is 15.3 Å². The summed E-state index contributed by atoms with van der Waals surface area (Å²) in [6.07, 6.45) is 3.38. The highest BCUT2D eigenvalue weighted by Crippen LogP contribution is 2.31. The van der Waals surface area contributed by atoms with Gasteiger partial charge in [-0.15, -0.1) is 0 Å². The van der Waals surface area contributed by atoms with Crippen molar-refractivity contribution in [2.24, 2.45) is 5.92 Å². The molecule has 1 heterocycles. The molecule has 6 nitrogen and oxygen atoms in total. The summed E-state index contributed by atoms with van der Waals surface area (Å²) in [6.45, 7) is 0.553. The zero-order valence-corrected chi connectivity index (χ0v) is 11.1. The second-order valence-electron chi connectivity index (χ2n) is 5.59. The number of nitrogens with one attached hydrogen (secondary N) is 1. The minimum Gasteiger partial charge on any atom is -0.480 e. The standard InChI is InChI=1S/C13H20N2O4/c1-15-7-4-9(8-10(15)16)11(17)14-13(12(18)19)5-2-3-6-13/h9H,2-8H2,1H3,(H,14,17)(H,18,19)/t9-/m0/s1. The molecule has 1 atom stereocenters. The van der Waals surface area contributed by atoms with Crippen LogP contribution < -0.4 is 5.32 Å². The van der Waals surface area contributed by atoms with E-state index in [4.69, 9.17) is 0 Å². The van der Waals surface area contributed by atoms with E-state index in [0.717, 1.165) is 12.8 Å². The van der Waals surface area contributed by atoms with Crippen molar-refractivity contribution in [3.8, 4) is 0 Å². The number of carboxylic acid groups (broad SMARTS) is 1. The fourth-order valence-corrected chi connectivity index (χ4v) is 2.88. The minimum atomic E-state index is -1.11. The molecule has 106 valence electrons. The molecule has 1 saturated heterocycles. The molecule has 1 aliphatic heterocycles. The van der Waals surface area contributed by atoms with E-state index in [-0.39, 0.29) is 24.2 Å². The smallest absolute Gasteiger partial charge is 0.329 e. The quantitative estimate of drug-likeness (QED) is 0.774. The average Bonchev–Trinajstić information content (AvgIpc) is 2.82. The number of piperidine rings is 1. The Balaban J connectivity index is 2.00. The maximum atomic E-state index is 12.2. The predicted octanol–water partition coefficient (Wildman–Crippen LogP) is 0.368. The Morgan fingerprint density at radius 2 is 2.00 bits per heavy atom. The number of amides is 2. The minimum absolute atomic E-state index is 0.0535. The van der Waals surface area contributed by atoms with Crippen LogP contribution in [0.2, 0.25) is 0 Å². The van der Waals surface area contributed by atoms with Crippen LogP contribution in [0.4, 0.5) is 0 Å². The number of nitrogens with zero attached hydrogens (tertiary/aromatic N) is 1. The lowest BCUT2D eigenvalue weighted by Gasteiger charge is -2.31. The first kappa shape index (κ1) is 13.8. The van der Waals surface area contributed by atoms with Gasteiger partial charge in [0, 0.05) is 25.9 Å². The summed E-state index contributed by atoms with van der Waals surface area (Å²) >= 11 is 0. The molecule has 2 amide bonds. The molecule has 0 spiro atoms. The summed E-state index contributed by atoms with van der Waals surface area (Å²) in [5.41, 5.74) is -1.11. The topological polar surface area (TPSA) is 86.7 Å². The molecular weight excluding hydrogens is 248 g/mol. The van der Waals surface area contributed by atoms with Crippen LogP contribution in [0.1, 0.15) is 38.5 Å². The Hall–Kier alpha value is -1.59. The second-order valence-corrected chi connectivity index (χ2v) is 5.59. The molecule has 19 heavy (non-hydrogen) atoms. The highest BCUT2D eigenvalue weighted by Gasteiger charge is 2.44. The highest BCUT2D eigenvalue weighted by atomic mass is 16.4. The van der Waals surface area contributed by atoms with E-state index in [0.29, 0.717) is 25.8 Å². The predicted molar refractivity (Wildman–Crippen MR) is 67.3 cm³/mol. The summed E-state index contributed by atoms with van der Waals surface area (Å²) in [6, 6.07) is 0. The van der Waals surface area contributed by atoms with Gasteiger partial charge in [-0.05, 0) is 19.3 Å². The molecule has 1 saturated carbocycles. The van der Waals surface area contributed by atoms with Gasteiger partial charge in [0.25, 0.3) is 0 Å². The lowest BCUT2D eigenvalue weighted by atomic mass is 9.92. The van der Waals surface area contributed by atoms with Crippen LogP contribution in [0.25, 0.3) is 0 Å².